The van der Waals surface area contributed by atoms with Crippen LogP contribution >= 0.6 is 12.4 Å². The van der Waals surface area contributed by atoms with Crippen LogP contribution in [0, 0.1) is 0 Å². The lowest BCUT2D eigenvalue weighted by atomic mass is 9.76. The molecule has 3 unspecified atom stereocenters. The zero-order chi connectivity index (χ0) is 12.7. The van der Waals surface area contributed by atoms with Crippen molar-refractivity contribution >= 4 is 18.3 Å². The Balaban J connectivity index is 0.00000133. The first-order valence-corrected chi connectivity index (χ1v) is 6.78. The van der Waals surface area contributed by atoms with Gasteiger partial charge in [-0.25, -0.2) is 0 Å². The lowest BCUT2D eigenvalue weighted by Crippen LogP contribution is -2.57. The third kappa shape index (κ3) is 2.49. The van der Waals surface area contributed by atoms with Crippen molar-refractivity contribution in [1.29, 1.82) is 0 Å². The SMILES string of the molecule is CC1CN(C(=O)C2Cc3ccccc32)C(C)CN1.Cl. The number of fused-ring (bicyclic) bond motifs is 1. The molecule has 1 N–H and O–H groups in total. The van der Waals surface area contributed by atoms with E-state index in [2.05, 4.69) is 42.3 Å². The summed E-state index contributed by atoms with van der Waals surface area (Å²) in [5.74, 6) is 0.420. The summed E-state index contributed by atoms with van der Waals surface area (Å²) in [5, 5.41) is 3.42. The molecule has 104 valence electrons. The van der Waals surface area contributed by atoms with Gasteiger partial charge in [0.1, 0.15) is 0 Å². The van der Waals surface area contributed by atoms with E-state index in [4.69, 9.17) is 0 Å². The van der Waals surface area contributed by atoms with Gasteiger partial charge in [-0.15, -0.1) is 12.4 Å². The normalized spacial score (nSPS) is 28.9. The van der Waals surface area contributed by atoms with E-state index in [1.807, 2.05) is 6.07 Å². The number of benzene rings is 1. The Hall–Kier alpha value is -1.06. The van der Waals surface area contributed by atoms with E-state index in [0.717, 1.165) is 19.5 Å². The van der Waals surface area contributed by atoms with Gasteiger partial charge < -0.3 is 10.2 Å². The van der Waals surface area contributed by atoms with E-state index in [-0.39, 0.29) is 18.3 Å². The van der Waals surface area contributed by atoms with E-state index in [0.29, 0.717) is 18.0 Å². The van der Waals surface area contributed by atoms with Gasteiger partial charge in [0.2, 0.25) is 5.91 Å². The number of hydrogen-bond donors (Lipinski definition) is 1. The van der Waals surface area contributed by atoms with Crippen molar-refractivity contribution < 1.29 is 4.79 Å². The van der Waals surface area contributed by atoms with Crippen LogP contribution in [0.2, 0.25) is 0 Å². The van der Waals surface area contributed by atoms with Crippen LogP contribution in [-0.4, -0.2) is 36.0 Å². The van der Waals surface area contributed by atoms with Crippen molar-refractivity contribution in [2.75, 3.05) is 13.1 Å². The second-order valence-electron chi connectivity index (χ2n) is 5.60. The number of rotatable bonds is 1. The third-order valence-electron chi connectivity index (χ3n) is 4.20. The van der Waals surface area contributed by atoms with Gasteiger partial charge in [0.05, 0.1) is 5.92 Å². The van der Waals surface area contributed by atoms with Gasteiger partial charge in [-0.05, 0) is 31.4 Å². The van der Waals surface area contributed by atoms with Crippen LogP contribution in [0.4, 0.5) is 0 Å². The molecule has 2 aliphatic rings. The molecule has 1 amide bonds. The van der Waals surface area contributed by atoms with E-state index in [9.17, 15) is 4.79 Å². The molecule has 1 fully saturated rings. The van der Waals surface area contributed by atoms with Crippen LogP contribution in [0.1, 0.15) is 30.9 Å². The van der Waals surface area contributed by atoms with E-state index >= 15 is 0 Å². The summed E-state index contributed by atoms with van der Waals surface area (Å²) in [6.07, 6.45) is 0.917. The first-order valence-electron chi connectivity index (χ1n) is 6.78. The Bertz CT molecular complexity index is 477. The number of carbonyl (C=O) groups excluding carboxylic acids is 1. The summed E-state index contributed by atoms with van der Waals surface area (Å²) in [6, 6.07) is 9.01. The molecule has 1 aromatic carbocycles. The fraction of sp³-hybridized carbons (Fsp3) is 0.533. The number of hydrogen-bond acceptors (Lipinski definition) is 2. The highest BCUT2D eigenvalue weighted by Gasteiger charge is 2.37. The quantitative estimate of drug-likeness (QED) is 0.853. The van der Waals surface area contributed by atoms with Gasteiger partial charge in [0.25, 0.3) is 0 Å². The molecule has 3 atom stereocenters. The van der Waals surface area contributed by atoms with Gasteiger partial charge >= 0.3 is 0 Å². The molecule has 4 heteroatoms. The van der Waals surface area contributed by atoms with Crippen LogP contribution < -0.4 is 5.32 Å². The average Bonchev–Trinajstić information content (AvgIpc) is 2.33. The third-order valence-corrected chi connectivity index (χ3v) is 4.20. The van der Waals surface area contributed by atoms with E-state index in [1.54, 1.807) is 0 Å². The van der Waals surface area contributed by atoms with Gasteiger partial charge in [0.15, 0.2) is 0 Å². The molecule has 3 nitrogen and oxygen atoms in total. The lowest BCUT2D eigenvalue weighted by molar-refractivity contribution is -0.136. The second kappa shape index (κ2) is 5.51. The van der Waals surface area contributed by atoms with E-state index < -0.39 is 0 Å². The molecule has 0 aromatic heterocycles. The highest BCUT2D eigenvalue weighted by molar-refractivity contribution is 5.87. The molecule has 19 heavy (non-hydrogen) atoms. The number of carbonyl (C=O) groups is 1. The predicted octanol–water partition coefficient (Wildman–Crippen LogP) is 1.96. The number of halogens is 1. The number of nitrogens with zero attached hydrogens (tertiary/aromatic N) is 1. The van der Waals surface area contributed by atoms with Crippen LogP contribution in [0.25, 0.3) is 0 Å². The van der Waals surface area contributed by atoms with Crippen LogP contribution in [0.15, 0.2) is 24.3 Å². The predicted molar refractivity (Wildman–Crippen MR) is 78.8 cm³/mol. The number of amides is 1. The summed E-state index contributed by atoms with van der Waals surface area (Å²) in [4.78, 5) is 14.7. The fourth-order valence-electron chi connectivity index (χ4n) is 3.01. The first kappa shape index (κ1) is 14.4. The average molecular weight is 281 g/mol. The Morgan fingerprint density at radius 2 is 2.05 bits per heavy atom. The minimum absolute atomic E-state index is 0. The summed E-state index contributed by atoms with van der Waals surface area (Å²) in [7, 11) is 0. The molecule has 0 saturated carbocycles. The van der Waals surface area contributed by atoms with Crippen LogP contribution in [0.3, 0.4) is 0 Å². The molecule has 1 aromatic rings. The Labute approximate surface area is 120 Å². The van der Waals surface area contributed by atoms with E-state index in [1.165, 1.54) is 11.1 Å². The van der Waals surface area contributed by atoms with Gasteiger partial charge in [-0.1, -0.05) is 24.3 Å². The Morgan fingerprint density at radius 3 is 2.79 bits per heavy atom. The minimum Gasteiger partial charge on any atom is -0.337 e. The number of nitrogens with one attached hydrogen (secondary N) is 1. The Kier molecular flexibility index (Phi) is 4.16. The van der Waals surface area contributed by atoms with Crippen molar-refractivity contribution in [3.8, 4) is 0 Å². The maximum absolute atomic E-state index is 12.6. The summed E-state index contributed by atoms with van der Waals surface area (Å²) >= 11 is 0. The molecule has 0 bridgehead atoms. The summed E-state index contributed by atoms with van der Waals surface area (Å²) in [6.45, 7) is 6.00. The molecule has 3 rings (SSSR count). The maximum Gasteiger partial charge on any atom is 0.230 e. The monoisotopic (exact) mass is 280 g/mol. The van der Waals surface area contributed by atoms with Gasteiger partial charge in [-0.2, -0.15) is 0 Å². The highest BCUT2D eigenvalue weighted by atomic mass is 35.5. The summed E-state index contributed by atoms with van der Waals surface area (Å²) < 4.78 is 0. The van der Waals surface area contributed by atoms with Crippen molar-refractivity contribution in [3.05, 3.63) is 35.4 Å². The molecular weight excluding hydrogens is 260 g/mol. The van der Waals surface area contributed by atoms with Crippen molar-refractivity contribution in [2.24, 2.45) is 0 Å². The van der Waals surface area contributed by atoms with Gasteiger partial charge in [-0.3, -0.25) is 4.79 Å². The van der Waals surface area contributed by atoms with Crippen molar-refractivity contribution in [2.45, 2.75) is 38.3 Å². The van der Waals surface area contributed by atoms with Crippen LogP contribution in [-0.2, 0) is 11.2 Å². The maximum atomic E-state index is 12.6. The zero-order valence-corrected chi connectivity index (χ0v) is 12.2. The van der Waals surface area contributed by atoms with Crippen molar-refractivity contribution in [1.82, 2.24) is 10.2 Å². The smallest absolute Gasteiger partial charge is 0.230 e. The molecule has 0 spiro atoms. The van der Waals surface area contributed by atoms with Gasteiger partial charge in [0, 0.05) is 25.2 Å². The molecule has 1 aliphatic heterocycles. The largest absolute Gasteiger partial charge is 0.337 e. The summed E-state index contributed by atoms with van der Waals surface area (Å²) in [5.41, 5.74) is 2.58. The first-order chi connectivity index (χ1) is 8.66. The standard InChI is InChI=1S/C15H20N2O.ClH/c1-10-9-17(11(2)8-16-10)15(18)14-7-12-5-3-4-6-13(12)14;/h3-6,10-11,14,16H,7-9H2,1-2H3;1H. The lowest BCUT2D eigenvalue weighted by Gasteiger charge is -2.41. The topological polar surface area (TPSA) is 32.3 Å². The number of piperazine rings is 1. The second-order valence-corrected chi connectivity index (χ2v) is 5.60. The van der Waals surface area contributed by atoms with Crippen LogP contribution in [0.5, 0.6) is 0 Å². The molecule has 0 radical (unpaired) electrons. The minimum atomic E-state index is 0. The van der Waals surface area contributed by atoms with Crippen molar-refractivity contribution in [3.63, 3.8) is 0 Å². The molecule has 1 saturated heterocycles. The molecular formula is C15H21ClN2O. The highest BCUT2D eigenvalue weighted by Crippen LogP contribution is 2.36. The Morgan fingerprint density at radius 1 is 1.32 bits per heavy atom. The fourth-order valence-corrected chi connectivity index (χ4v) is 3.01. The molecule has 1 aliphatic carbocycles. The molecule has 1 heterocycles. The zero-order valence-electron chi connectivity index (χ0n) is 11.4.